The van der Waals surface area contributed by atoms with E-state index in [-0.39, 0.29) is 0 Å². The minimum Gasteiger partial charge on any atom is -0.312 e. The van der Waals surface area contributed by atoms with Crippen molar-refractivity contribution in [2.45, 2.75) is 38.3 Å². The Morgan fingerprint density at radius 3 is 2.64 bits per heavy atom. The van der Waals surface area contributed by atoms with E-state index in [0.717, 1.165) is 12.1 Å². The van der Waals surface area contributed by atoms with Gasteiger partial charge >= 0.3 is 0 Å². The lowest BCUT2D eigenvalue weighted by Gasteiger charge is -2.34. The molecule has 1 N–H and O–H groups in total. The van der Waals surface area contributed by atoms with Crippen molar-refractivity contribution in [3.8, 4) is 0 Å². The van der Waals surface area contributed by atoms with Crippen molar-refractivity contribution in [1.82, 2.24) is 10.2 Å². The summed E-state index contributed by atoms with van der Waals surface area (Å²) in [5, 5.41) is 3.66. The van der Waals surface area contributed by atoms with E-state index in [1.807, 2.05) is 0 Å². The van der Waals surface area contributed by atoms with Crippen LogP contribution in [0.25, 0.3) is 0 Å². The average Bonchev–Trinajstić information content (AvgIpc) is 3.04. The smallest absolute Gasteiger partial charge is 0.0218 e. The maximum absolute atomic E-state index is 3.66. The van der Waals surface area contributed by atoms with Crippen LogP contribution >= 0.6 is 11.8 Å². The molecule has 1 saturated heterocycles. The van der Waals surface area contributed by atoms with Crippen LogP contribution in [0.15, 0.2) is 0 Å². The van der Waals surface area contributed by atoms with Gasteiger partial charge in [-0.25, -0.2) is 0 Å². The van der Waals surface area contributed by atoms with Crippen LogP contribution in [0.3, 0.4) is 0 Å². The quantitative estimate of drug-likeness (QED) is 0.748. The number of hydrogen-bond acceptors (Lipinski definition) is 3. The van der Waals surface area contributed by atoms with Gasteiger partial charge in [0.25, 0.3) is 0 Å². The van der Waals surface area contributed by atoms with Crippen LogP contribution in [0.1, 0.15) is 26.2 Å². The van der Waals surface area contributed by atoms with Crippen molar-refractivity contribution in [2.75, 3.05) is 31.1 Å². The molecule has 0 aromatic heterocycles. The predicted octanol–water partition coefficient (Wildman–Crippen LogP) is 1.57. The maximum atomic E-state index is 3.66. The van der Waals surface area contributed by atoms with Gasteiger partial charge in [0.15, 0.2) is 0 Å². The van der Waals surface area contributed by atoms with Crippen LogP contribution in [0, 0.1) is 0 Å². The molecule has 82 valence electrons. The summed E-state index contributed by atoms with van der Waals surface area (Å²) in [6.45, 7) is 6.14. The number of nitrogens with zero attached hydrogens (tertiary/aromatic N) is 1. The minimum absolute atomic E-state index is 0.788. The highest BCUT2D eigenvalue weighted by molar-refractivity contribution is 7.99. The zero-order valence-corrected chi connectivity index (χ0v) is 9.98. The average molecular weight is 214 g/mol. The molecule has 0 bridgehead atoms. The lowest BCUT2D eigenvalue weighted by molar-refractivity contribution is 0.205. The van der Waals surface area contributed by atoms with Gasteiger partial charge in [0, 0.05) is 43.2 Å². The molecule has 14 heavy (non-hydrogen) atoms. The van der Waals surface area contributed by atoms with Gasteiger partial charge in [0.2, 0.25) is 0 Å². The summed E-state index contributed by atoms with van der Waals surface area (Å²) >= 11 is 2.10. The van der Waals surface area contributed by atoms with Gasteiger partial charge in [-0.05, 0) is 19.3 Å². The summed E-state index contributed by atoms with van der Waals surface area (Å²) in [6, 6.07) is 1.65. The lowest BCUT2D eigenvalue weighted by atomic mass is 10.2. The molecule has 2 nitrogen and oxygen atoms in total. The molecule has 2 rings (SSSR count). The molecule has 0 spiro atoms. The summed E-state index contributed by atoms with van der Waals surface area (Å²) in [5.41, 5.74) is 0. The Hall–Kier alpha value is 0.270. The largest absolute Gasteiger partial charge is 0.312 e. The normalized spacial score (nSPS) is 26.4. The molecule has 1 heterocycles. The molecular weight excluding hydrogens is 192 g/mol. The number of thioether (sulfide) groups is 1. The fourth-order valence-corrected chi connectivity index (χ4v) is 3.00. The van der Waals surface area contributed by atoms with E-state index in [2.05, 4.69) is 28.9 Å². The van der Waals surface area contributed by atoms with Crippen molar-refractivity contribution >= 4 is 11.8 Å². The fraction of sp³-hybridized carbons (Fsp3) is 1.00. The van der Waals surface area contributed by atoms with Crippen LogP contribution in [0.5, 0.6) is 0 Å². The van der Waals surface area contributed by atoms with E-state index < -0.39 is 0 Å². The topological polar surface area (TPSA) is 15.3 Å². The van der Waals surface area contributed by atoms with Crippen molar-refractivity contribution in [3.63, 3.8) is 0 Å². The molecule has 1 aliphatic heterocycles. The van der Waals surface area contributed by atoms with Gasteiger partial charge in [-0.3, -0.25) is 4.90 Å². The molecular formula is C11H22N2S. The Kier molecular flexibility index (Phi) is 4.14. The van der Waals surface area contributed by atoms with Gasteiger partial charge in [-0.2, -0.15) is 11.8 Å². The van der Waals surface area contributed by atoms with Gasteiger partial charge in [-0.15, -0.1) is 0 Å². The van der Waals surface area contributed by atoms with Crippen molar-refractivity contribution in [2.24, 2.45) is 0 Å². The first-order chi connectivity index (χ1) is 6.90. The molecule has 1 unspecified atom stereocenters. The van der Waals surface area contributed by atoms with Crippen LogP contribution in [-0.2, 0) is 0 Å². The monoisotopic (exact) mass is 214 g/mol. The van der Waals surface area contributed by atoms with Crippen LogP contribution in [-0.4, -0.2) is 48.1 Å². The maximum Gasteiger partial charge on any atom is 0.0218 e. The van der Waals surface area contributed by atoms with E-state index in [9.17, 15) is 0 Å². The Balaban J connectivity index is 1.71. The van der Waals surface area contributed by atoms with E-state index in [0.29, 0.717) is 0 Å². The van der Waals surface area contributed by atoms with E-state index in [4.69, 9.17) is 0 Å². The first-order valence-electron chi connectivity index (χ1n) is 5.95. The van der Waals surface area contributed by atoms with E-state index in [1.165, 1.54) is 50.4 Å². The van der Waals surface area contributed by atoms with Crippen molar-refractivity contribution < 1.29 is 0 Å². The Morgan fingerprint density at radius 1 is 1.36 bits per heavy atom. The van der Waals surface area contributed by atoms with Crippen LogP contribution < -0.4 is 5.32 Å². The fourth-order valence-electron chi connectivity index (χ4n) is 2.06. The first kappa shape index (κ1) is 10.8. The second kappa shape index (κ2) is 5.38. The van der Waals surface area contributed by atoms with E-state index >= 15 is 0 Å². The number of rotatable bonds is 5. The molecule has 2 aliphatic rings. The Bertz CT molecular complexity index is 165. The van der Waals surface area contributed by atoms with Gasteiger partial charge in [0.1, 0.15) is 0 Å². The predicted molar refractivity (Wildman–Crippen MR) is 64.0 cm³/mol. The second-order valence-electron chi connectivity index (χ2n) is 4.39. The summed E-state index contributed by atoms with van der Waals surface area (Å²) in [4.78, 5) is 2.67. The second-order valence-corrected chi connectivity index (χ2v) is 5.62. The molecule has 0 amide bonds. The highest BCUT2D eigenvalue weighted by atomic mass is 32.2. The third-order valence-corrected chi connectivity index (χ3v) is 4.20. The zero-order valence-electron chi connectivity index (χ0n) is 9.17. The molecule has 0 aromatic rings. The summed E-state index contributed by atoms with van der Waals surface area (Å²) in [7, 11) is 0. The molecule has 2 fully saturated rings. The number of nitrogens with one attached hydrogen (secondary N) is 1. The van der Waals surface area contributed by atoms with Crippen LogP contribution in [0.4, 0.5) is 0 Å². The first-order valence-corrected chi connectivity index (χ1v) is 7.11. The highest BCUT2D eigenvalue weighted by Crippen LogP contribution is 2.19. The third-order valence-electron chi connectivity index (χ3n) is 3.25. The molecule has 0 radical (unpaired) electrons. The zero-order chi connectivity index (χ0) is 9.80. The third kappa shape index (κ3) is 3.14. The molecule has 1 aliphatic carbocycles. The van der Waals surface area contributed by atoms with Gasteiger partial charge in [-0.1, -0.05) is 6.92 Å². The summed E-state index contributed by atoms with van der Waals surface area (Å²) in [6.07, 6.45) is 4.11. The molecule has 0 aromatic carbocycles. The highest BCUT2D eigenvalue weighted by Gasteiger charge is 2.24. The summed E-state index contributed by atoms with van der Waals surface area (Å²) < 4.78 is 0. The van der Waals surface area contributed by atoms with E-state index in [1.54, 1.807) is 0 Å². The molecule has 1 saturated carbocycles. The molecule has 1 atom stereocenters. The van der Waals surface area contributed by atoms with Crippen molar-refractivity contribution in [3.05, 3.63) is 0 Å². The molecule has 3 heteroatoms. The number of hydrogen-bond donors (Lipinski definition) is 1. The van der Waals surface area contributed by atoms with Gasteiger partial charge in [0.05, 0.1) is 0 Å². The summed E-state index contributed by atoms with van der Waals surface area (Å²) in [5.74, 6) is 2.67. The van der Waals surface area contributed by atoms with Crippen molar-refractivity contribution in [1.29, 1.82) is 0 Å². The van der Waals surface area contributed by atoms with Gasteiger partial charge < -0.3 is 5.32 Å². The lowest BCUT2D eigenvalue weighted by Crippen LogP contribution is -2.46. The SMILES string of the molecule is CCC(CNC1CC1)N1CCSCC1. The van der Waals surface area contributed by atoms with Crippen LogP contribution in [0.2, 0.25) is 0 Å². The Labute approximate surface area is 91.8 Å². The minimum atomic E-state index is 0.788. The Morgan fingerprint density at radius 2 is 2.07 bits per heavy atom. The standard InChI is InChI=1S/C11H22N2S/c1-2-11(9-12-10-3-4-10)13-5-7-14-8-6-13/h10-12H,2-9H2,1H3.